The summed E-state index contributed by atoms with van der Waals surface area (Å²) in [6.07, 6.45) is -2.30. The highest BCUT2D eigenvalue weighted by Crippen LogP contribution is 2.24. The second kappa shape index (κ2) is 7.83. The van der Waals surface area contributed by atoms with Gasteiger partial charge in [0, 0.05) is 13.0 Å². The van der Waals surface area contributed by atoms with E-state index in [4.69, 9.17) is 5.11 Å². The van der Waals surface area contributed by atoms with Crippen LogP contribution in [0.1, 0.15) is 26.2 Å². The molecule has 2 atom stereocenters. The van der Waals surface area contributed by atoms with Crippen LogP contribution in [0.5, 0.6) is 0 Å². The van der Waals surface area contributed by atoms with Crippen LogP contribution < -0.4 is 5.32 Å². The highest BCUT2D eigenvalue weighted by molar-refractivity contribution is 5.76. The second-order valence-electron chi connectivity index (χ2n) is 5.44. The lowest BCUT2D eigenvalue weighted by atomic mass is 9.85. The zero-order valence-electron chi connectivity index (χ0n) is 11.7. The van der Waals surface area contributed by atoms with E-state index in [1.165, 1.54) is 0 Å². The molecule has 7 heteroatoms. The number of nitrogens with one attached hydrogen (secondary N) is 1. The molecular formula is C13H23F3N2O2. The molecule has 118 valence electrons. The van der Waals surface area contributed by atoms with Crippen LogP contribution in [0.2, 0.25) is 0 Å². The van der Waals surface area contributed by atoms with E-state index in [0.717, 1.165) is 25.9 Å². The van der Waals surface area contributed by atoms with Gasteiger partial charge in [0.1, 0.15) is 6.54 Å². The van der Waals surface area contributed by atoms with E-state index in [1.807, 2.05) is 6.92 Å². The molecule has 1 fully saturated rings. The summed E-state index contributed by atoms with van der Waals surface area (Å²) in [5.74, 6) is -0.159. The molecule has 0 aromatic rings. The van der Waals surface area contributed by atoms with Crippen LogP contribution in [0.4, 0.5) is 13.2 Å². The maximum atomic E-state index is 12.4. The summed E-state index contributed by atoms with van der Waals surface area (Å²) in [6.45, 7) is 1.66. The highest BCUT2D eigenvalue weighted by Gasteiger charge is 2.33. The van der Waals surface area contributed by atoms with Crippen LogP contribution in [-0.2, 0) is 4.79 Å². The average molecular weight is 296 g/mol. The Balaban J connectivity index is 2.51. The topological polar surface area (TPSA) is 52.6 Å². The molecule has 2 N–H and O–H groups in total. The Morgan fingerprint density at radius 2 is 2.20 bits per heavy atom. The minimum Gasteiger partial charge on any atom is -0.395 e. The van der Waals surface area contributed by atoms with Crippen LogP contribution in [0.15, 0.2) is 0 Å². The molecule has 0 saturated carbocycles. The molecule has 20 heavy (non-hydrogen) atoms. The van der Waals surface area contributed by atoms with Crippen molar-refractivity contribution in [3.63, 3.8) is 0 Å². The molecule has 0 radical (unpaired) electrons. The molecule has 4 nitrogen and oxygen atoms in total. The number of alkyl halides is 3. The van der Waals surface area contributed by atoms with Gasteiger partial charge in [-0.2, -0.15) is 13.2 Å². The highest BCUT2D eigenvalue weighted by atomic mass is 19.4. The first-order valence-electron chi connectivity index (χ1n) is 6.99. The third-order valence-electron chi connectivity index (χ3n) is 3.73. The van der Waals surface area contributed by atoms with Gasteiger partial charge in [-0.05, 0) is 37.8 Å². The molecule has 1 amide bonds. The quantitative estimate of drug-likeness (QED) is 0.779. The SMILES string of the molecule is CC(CC(=O)N(CCO)CC(F)(F)F)C1CCCNC1. The van der Waals surface area contributed by atoms with Gasteiger partial charge in [-0.25, -0.2) is 0 Å². The van der Waals surface area contributed by atoms with Crippen LogP contribution >= 0.6 is 0 Å². The lowest BCUT2D eigenvalue weighted by molar-refractivity contribution is -0.162. The van der Waals surface area contributed by atoms with Crippen LogP contribution in [-0.4, -0.2) is 54.9 Å². The fourth-order valence-electron chi connectivity index (χ4n) is 2.56. The maximum Gasteiger partial charge on any atom is 0.406 e. The minimum absolute atomic E-state index is 0.0460. The summed E-state index contributed by atoms with van der Waals surface area (Å²) in [7, 11) is 0. The number of amides is 1. The Morgan fingerprint density at radius 1 is 1.50 bits per heavy atom. The molecule has 0 aliphatic carbocycles. The van der Waals surface area contributed by atoms with E-state index in [-0.39, 0.29) is 18.9 Å². The van der Waals surface area contributed by atoms with Gasteiger partial charge in [-0.15, -0.1) is 0 Å². The van der Waals surface area contributed by atoms with E-state index >= 15 is 0 Å². The molecular weight excluding hydrogens is 273 g/mol. The number of nitrogens with zero attached hydrogens (tertiary/aromatic N) is 1. The van der Waals surface area contributed by atoms with E-state index in [0.29, 0.717) is 10.8 Å². The first-order chi connectivity index (χ1) is 9.33. The molecule has 1 rings (SSSR count). The minimum atomic E-state index is -4.43. The Labute approximate surface area is 117 Å². The van der Waals surface area contributed by atoms with Crippen molar-refractivity contribution in [2.75, 3.05) is 32.8 Å². The lowest BCUT2D eigenvalue weighted by Crippen LogP contribution is -2.42. The predicted molar refractivity (Wildman–Crippen MR) is 69.1 cm³/mol. The lowest BCUT2D eigenvalue weighted by Gasteiger charge is -2.30. The number of aliphatic hydroxyl groups is 1. The number of hydrogen-bond acceptors (Lipinski definition) is 3. The number of carbonyl (C=O) groups is 1. The summed E-state index contributed by atoms with van der Waals surface area (Å²) >= 11 is 0. The number of carbonyl (C=O) groups excluding carboxylic acids is 1. The van der Waals surface area contributed by atoms with Gasteiger partial charge in [0.2, 0.25) is 5.91 Å². The predicted octanol–water partition coefficient (Wildman–Crippen LogP) is 1.40. The molecule has 0 bridgehead atoms. The number of rotatable bonds is 6. The average Bonchev–Trinajstić information content (AvgIpc) is 2.37. The summed E-state index contributed by atoms with van der Waals surface area (Å²) in [5, 5.41) is 12.0. The van der Waals surface area contributed by atoms with Crippen LogP contribution in [0.25, 0.3) is 0 Å². The Bertz CT molecular complexity index is 304. The third kappa shape index (κ3) is 6.09. The normalized spacial score (nSPS) is 21.6. The monoisotopic (exact) mass is 296 g/mol. The summed E-state index contributed by atoms with van der Waals surface area (Å²) in [4.78, 5) is 12.7. The Kier molecular flexibility index (Phi) is 6.75. The van der Waals surface area contributed by atoms with Crippen molar-refractivity contribution in [2.24, 2.45) is 11.8 Å². The summed E-state index contributed by atoms with van der Waals surface area (Å²) in [6, 6.07) is 0. The Hall–Kier alpha value is -0.820. The first-order valence-corrected chi connectivity index (χ1v) is 6.99. The fourth-order valence-corrected chi connectivity index (χ4v) is 2.56. The third-order valence-corrected chi connectivity index (χ3v) is 3.73. The molecule has 2 unspecified atom stereocenters. The van der Waals surface area contributed by atoms with E-state index < -0.39 is 25.2 Å². The fraction of sp³-hybridized carbons (Fsp3) is 0.923. The molecule has 0 spiro atoms. The van der Waals surface area contributed by atoms with Gasteiger partial charge in [0.25, 0.3) is 0 Å². The molecule has 0 aromatic heterocycles. The second-order valence-corrected chi connectivity index (χ2v) is 5.44. The van der Waals surface area contributed by atoms with Crippen molar-refractivity contribution in [1.82, 2.24) is 10.2 Å². The van der Waals surface area contributed by atoms with Gasteiger partial charge in [-0.3, -0.25) is 4.79 Å². The smallest absolute Gasteiger partial charge is 0.395 e. The number of hydrogen-bond donors (Lipinski definition) is 2. The van der Waals surface area contributed by atoms with Crippen molar-refractivity contribution in [3.05, 3.63) is 0 Å². The van der Waals surface area contributed by atoms with Crippen molar-refractivity contribution >= 4 is 5.91 Å². The number of halogens is 3. The van der Waals surface area contributed by atoms with Gasteiger partial charge >= 0.3 is 6.18 Å². The molecule has 1 heterocycles. The standard InChI is InChI=1S/C13H23F3N2O2/c1-10(11-3-2-4-17-8-11)7-12(20)18(5-6-19)9-13(14,15)16/h10-11,17,19H,2-9H2,1H3. The van der Waals surface area contributed by atoms with Gasteiger partial charge in [-0.1, -0.05) is 6.92 Å². The molecule has 1 saturated heterocycles. The van der Waals surface area contributed by atoms with E-state index in [2.05, 4.69) is 5.32 Å². The van der Waals surface area contributed by atoms with Gasteiger partial charge in [0.15, 0.2) is 0 Å². The van der Waals surface area contributed by atoms with Gasteiger partial charge < -0.3 is 15.3 Å². The summed E-state index contributed by atoms with van der Waals surface area (Å²) < 4.78 is 37.2. The maximum absolute atomic E-state index is 12.4. The Morgan fingerprint density at radius 3 is 2.70 bits per heavy atom. The first kappa shape index (κ1) is 17.2. The van der Waals surface area contributed by atoms with Crippen molar-refractivity contribution in [1.29, 1.82) is 0 Å². The molecule has 1 aliphatic heterocycles. The van der Waals surface area contributed by atoms with Crippen molar-refractivity contribution in [3.8, 4) is 0 Å². The summed E-state index contributed by atoms with van der Waals surface area (Å²) in [5.41, 5.74) is 0. The zero-order chi connectivity index (χ0) is 15.2. The van der Waals surface area contributed by atoms with Gasteiger partial charge in [0.05, 0.1) is 6.61 Å². The molecule has 1 aliphatic rings. The zero-order valence-corrected chi connectivity index (χ0v) is 11.7. The van der Waals surface area contributed by atoms with Crippen LogP contribution in [0.3, 0.4) is 0 Å². The van der Waals surface area contributed by atoms with Crippen molar-refractivity contribution < 1.29 is 23.1 Å². The van der Waals surface area contributed by atoms with E-state index in [1.54, 1.807) is 0 Å². The number of piperidine rings is 1. The van der Waals surface area contributed by atoms with Crippen LogP contribution in [0, 0.1) is 11.8 Å². The largest absolute Gasteiger partial charge is 0.406 e. The van der Waals surface area contributed by atoms with E-state index in [9.17, 15) is 18.0 Å². The molecule has 0 aromatic carbocycles. The van der Waals surface area contributed by atoms with Crippen molar-refractivity contribution in [2.45, 2.75) is 32.4 Å². The number of aliphatic hydroxyl groups excluding tert-OH is 1.